The lowest BCUT2D eigenvalue weighted by Gasteiger charge is -2.48. The van der Waals surface area contributed by atoms with Gasteiger partial charge in [-0.2, -0.15) is 0 Å². The summed E-state index contributed by atoms with van der Waals surface area (Å²) in [6.07, 6.45) is 5.64. The molecule has 1 nitrogen and oxygen atoms in total. The summed E-state index contributed by atoms with van der Waals surface area (Å²) in [5.41, 5.74) is 3.24. The molecule has 0 aliphatic heterocycles. The van der Waals surface area contributed by atoms with Crippen molar-refractivity contribution in [2.24, 2.45) is 5.92 Å². The molecule has 3 atom stereocenters. The largest absolute Gasteiger partial charge is 0.393 e. The zero-order valence-electron chi connectivity index (χ0n) is 9.95. The van der Waals surface area contributed by atoms with Crippen molar-refractivity contribution in [3.8, 4) is 0 Å². The van der Waals surface area contributed by atoms with Crippen LogP contribution in [-0.2, 0) is 11.8 Å². The highest BCUT2D eigenvalue weighted by molar-refractivity contribution is 5.38. The molecule has 0 amide bonds. The number of aliphatic hydroxyl groups excluding tert-OH is 1. The molecule has 1 aromatic carbocycles. The van der Waals surface area contributed by atoms with Gasteiger partial charge < -0.3 is 5.11 Å². The molecule has 2 aliphatic carbocycles. The molecule has 16 heavy (non-hydrogen) atoms. The molecule has 1 aromatic rings. The molecule has 0 heterocycles. The van der Waals surface area contributed by atoms with Crippen LogP contribution in [0.25, 0.3) is 0 Å². The zero-order chi connectivity index (χ0) is 11.2. The van der Waals surface area contributed by atoms with Gasteiger partial charge in [-0.25, -0.2) is 0 Å². The van der Waals surface area contributed by atoms with E-state index in [-0.39, 0.29) is 11.5 Å². The van der Waals surface area contributed by atoms with E-state index in [9.17, 15) is 5.11 Å². The highest BCUT2D eigenvalue weighted by atomic mass is 16.3. The predicted octanol–water partition coefficient (Wildman–Crippen LogP) is 3.05. The van der Waals surface area contributed by atoms with Gasteiger partial charge in [0, 0.05) is 0 Å². The van der Waals surface area contributed by atoms with E-state index in [0.717, 1.165) is 19.3 Å². The second kappa shape index (κ2) is 3.59. The molecule has 3 unspecified atom stereocenters. The molecule has 3 rings (SSSR count). The molecule has 1 heteroatoms. The smallest absolute Gasteiger partial charge is 0.0576 e. The average molecular weight is 216 g/mol. The third kappa shape index (κ3) is 1.34. The highest BCUT2D eigenvalue weighted by Gasteiger charge is 2.45. The van der Waals surface area contributed by atoms with Crippen molar-refractivity contribution in [3.63, 3.8) is 0 Å². The molecular formula is C15H20O. The monoisotopic (exact) mass is 216 g/mol. The first-order chi connectivity index (χ1) is 7.72. The number of benzene rings is 1. The van der Waals surface area contributed by atoms with Gasteiger partial charge in [-0.15, -0.1) is 0 Å². The number of hydrogen-bond donors (Lipinski definition) is 1. The molecule has 1 saturated carbocycles. The summed E-state index contributed by atoms with van der Waals surface area (Å²) in [7, 11) is 0. The fraction of sp³-hybridized carbons (Fsp3) is 0.600. The van der Waals surface area contributed by atoms with Gasteiger partial charge in [-0.1, -0.05) is 31.2 Å². The fourth-order valence-corrected chi connectivity index (χ4v) is 3.94. The Morgan fingerprint density at radius 3 is 2.94 bits per heavy atom. The summed E-state index contributed by atoms with van der Waals surface area (Å²) in [5, 5.41) is 10.2. The Balaban J connectivity index is 2.09. The van der Waals surface area contributed by atoms with Crippen LogP contribution in [0.15, 0.2) is 24.3 Å². The van der Waals surface area contributed by atoms with Crippen LogP contribution in [0.1, 0.15) is 43.7 Å². The van der Waals surface area contributed by atoms with Crippen LogP contribution < -0.4 is 0 Å². The van der Waals surface area contributed by atoms with Gasteiger partial charge in [0.15, 0.2) is 0 Å². The molecule has 1 N–H and O–H groups in total. The minimum Gasteiger partial charge on any atom is -0.393 e. The average Bonchev–Trinajstić information content (AvgIpc) is 2.29. The number of aryl methyl sites for hydroxylation is 1. The number of rotatable bonds is 0. The van der Waals surface area contributed by atoms with Crippen molar-refractivity contribution in [1.29, 1.82) is 0 Å². The van der Waals surface area contributed by atoms with E-state index in [1.165, 1.54) is 24.0 Å². The van der Waals surface area contributed by atoms with Crippen LogP contribution in [0.4, 0.5) is 0 Å². The van der Waals surface area contributed by atoms with Gasteiger partial charge in [-0.3, -0.25) is 0 Å². The van der Waals surface area contributed by atoms with E-state index in [0.29, 0.717) is 5.92 Å². The molecule has 86 valence electrons. The van der Waals surface area contributed by atoms with Crippen molar-refractivity contribution in [2.75, 3.05) is 0 Å². The fourth-order valence-electron chi connectivity index (χ4n) is 3.94. The Morgan fingerprint density at radius 1 is 1.25 bits per heavy atom. The number of fused-ring (bicyclic) bond motifs is 3. The van der Waals surface area contributed by atoms with Crippen molar-refractivity contribution in [3.05, 3.63) is 35.4 Å². The third-order valence-corrected chi connectivity index (χ3v) is 4.84. The quantitative estimate of drug-likeness (QED) is 0.706. The molecule has 0 radical (unpaired) electrons. The van der Waals surface area contributed by atoms with E-state index < -0.39 is 0 Å². The van der Waals surface area contributed by atoms with Gasteiger partial charge >= 0.3 is 0 Å². The first kappa shape index (κ1) is 10.3. The Hall–Kier alpha value is -0.820. The maximum Gasteiger partial charge on any atom is 0.0576 e. The molecule has 1 fully saturated rings. The molecule has 0 saturated heterocycles. The van der Waals surface area contributed by atoms with Crippen molar-refractivity contribution < 1.29 is 5.11 Å². The van der Waals surface area contributed by atoms with E-state index in [1.807, 2.05) is 0 Å². The van der Waals surface area contributed by atoms with Crippen LogP contribution in [-0.4, -0.2) is 11.2 Å². The highest BCUT2D eigenvalue weighted by Crippen LogP contribution is 2.49. The predicted molar refractivity (Wildman–Crippen MR) is 65.5 cm³/mol. The molecule has 2 aliphatic rings. The maximum absolute atomic E-state index is 10.2. The third-order valence-electron chi connectivity index (χ3n) is 4.84. The van der Waals surface area contributed by atoms with Crippen LogP contribution >= 0.6 is 0 Å². The lowest BCUT2D eigenvalue weighted by molar-refractivity contribution is 0.0103. The number of aliphatic hydroxyl groups is 1. The van der Waals surface area contributed by atoms with Gasteiger partial charge in [-0.05, 0) is 54.6 Å². The lowest BCUT2D eigenvalue weighted by Crippen LogP contribution is -2.46. The van der Waals surface area contributed by atoms with Gasteiger partial charge in [0.05, 0.1) is 6.10 Å². The second-order valence-electron chi connectivity index (χ2n) is 5.68. The van der Waals surface area contributed by atoms with Gasteiger partial charge in [0.25, 0.3) is 0 Å². The van der Waals surface area contributed by atoms with E-state index in [1.54, 1.807) is 0 Å². The SMILES string of the molecule is CC12CCCC(O)C1CCc1ccccc12. The first-order valence-electron chi connectivity index (χ1n) is 6.48. The van der Waals surface area contributed by atoms with E-state index in [4.69, 9.17) is 0 Å². The summed E-state index contributed by atoms with van der Waals surface area (Å²) in [6, 6.07) is 8.83. The molecular weight excluding hydrogens is 196 g/mol. The molecule has 0 aromatic heterocycles. The normalized spacial score (nSPS) is 37.6. The van der Waals surface area contributed by atoms with Crippen LogP contribution in [0, 0.1) is 5.92 Å². The maximum atomic E-state index is 10.2. The lowest BCUT2D eigenvalue weighted by atomic mass is 9.57. The number of hydrogen-bond acceptors (Lipinski definition) is 1. The van der Waals surface area contributed by atoms with Crippen molar-refractivity contribution in [2.45, 2.75) is 50.5 Å². The summed E-state index contributed by atoms with van der Waals surface area (Å²) in [5.74, 6) is 0.483. The summed E-state index contributed by atoms with van der Waals surface area (Å²) in [4.78, 5) is 0. The van der Waals surface area contributed by atoms with Crippen LogP contribution in [0.2, 0.25) is 0 Å². The van der Waals surface area contributed by atoms with Gasteiger partial charge in [0.2, 0.25) is 0 Å². The summed E-state index contributed by atoms with van der Waals surface area (Å²) < 4.78 is 0. The summed E-state index contributed by atoms with van der Waals surface area (Å²) >= 11 is 0. The van der Waals surface area contributed by atoms with E-state index in [2.05, 4.69) is 31.2 Å². The Labute approximate surface area is 97.5 Å². The van der Waals surface area contributed by atoms with Crippen LogP contribution in [0.3, 0.4) is 0 Å². The minimum atomic E-state index is -0.0768. The first-order valence-corrected chi connectivity index (χ1v) is 6.48. The Bertz CT molecular complexity index is 398. The Kier molecular flexibility index (Phi) is 2.32. The van der Waals surface area contributed by atoms with Crippen LogP contribution in [0.5, 0.6) is 0 Å². The Morgan fingerprint density at radius 2 is 2.06 bits per heavy atom. The zero-order valence-corrected chi connectivity index (χ0v) is 9.95. The topological polar surface area (TPSA) is 20.2 Å². The molecule has 0 bridgehead atoms. The van der Waals surface area contributed by atoms with E-state index >= 15 is 0 Å². The standard InChI is InChI=1S/C15H20O/c1-15-10-4-7-14(16)13(15)9-8-11-5-2-3-6-12(11)15/h2-3,5-6,13-14,16H,4,7-10H2,1H3. The van der Waals surface area contributed by atoms with Gasteiger partial charge in [0.1, 0.15) is 0 Å². The summed E-state index contributed by atoms with van der Waals surface area (Å²) in [6.45, 7) is 2.36. The van der Waals surface area contributed by atoms with Crippen molar-refractivity contribution in [1.82, 2.24) is 0 Å². The second-order valence-corrected chi connectivity index (χ2v) is 5.68. The van der Waals surface area contributed by atoms with Crippen molar-refractivity contribution >= 4 is 0 Å². The minimum absolute atomic E-state index is 0.0768. The molecule has 0 spiro atoms.